The van der Waals surface area contributed by atoms with Crippen LogP contribution in [0.1, 0.15) is 51.4 Å². The van der Waals surface area contributed by atoms with Gasteiger partial charge in [-0.15, -0.1) is 0 Å². The lowest BCUT2D eigenvalue weighted by atomic mass is 9.51. The van der Waals surface area contributed by atoms with Gasteiger partial charge in [0.1, 0.15) is 0 Å². The van der Waals surface area contributed by atoms with E-state index in [0.717, 1.165) is 36.8 Å². The molecule has 6 bridgehead atoms. The summed E-state index contributed by atoms with van der Waals surface area (Å²) in [7, 11) is 0. The first-order valence-electron chi connectivity index (χ1n) is 9.31. The first-order chi connectivity index (χ1) is 10.3. The van der Waals surface area contributed by atoms with Crippen molar-refractivity contribution in [3.63, 3.8) is 0 Å². The van der Waals surface area contributed by atoms with Crippen molar-refractivity contribution in [2.45, 2.75) is 63.5 Å². The summed E-state index contributed by atoms with van der Waals surface area (Å²) in [6.07, 6.45) is 10.7. The lowest BCUT2D eigenvalue weighted by Crippen LogP contribution is -2.53. The Balaban J connectivity index is 1.34. The fraction of sp³-hybridized carbons (Fsp3) is 0.944. The van der Waals surface area contributed by atoms with E-state index in [2.05, 4.69) is 10.2 Å². The van der Waals surface area contributed by atoms with Crippen molar-refractivity contribution in [2.75, 3.05) is 13.1 Å². The molecule has 6 rings (SSSR count). The quantitative estimate of drug-likeness (QED) is 0.803. The Bertz CT molecular complexity index is 420. The molecule has 0 aromatic rings. The first-order valence-corrected chi connectivity index (χ1v) is 9.31. The van der Waals surface area contributed by atoms with Gasteiger partial charge in [-0.05, 0) is 75.0 Å². The number of nitrogens with zero attached hydrogens (tertiary/aromatic N) is 1. The molecule has 3 heteroatoms. The highest BCUT2D eigenvalue weighted by Crippen LogP contribution is 2.56. The Hall–Kier alpha value is -0.570. The second-order valence-corrected chi connectivity index (χ2v) is 8.67. The molecule has 2 unspecified atom stereocenters. The van der Waals surface area contributed by atoms with Gasteiger partial charge in [0.2, 0.25) is 5.91 Å². The average molecular weight is 288 g/mol. The number of carbonyl (C=O) groups is 1. The van der Waals surface area contributed by atoms with E-state index in [1.54, 1.807) is 0 Å². The standard InChI is InChI=1S/C18H28N2O/c21-18(20-4-3-15-1-2-16(10-20)19-15)17-13-6-11-5-12(8-13)9-14(17)7-11/h11-17,19H,1-10H2. The van der Waals surface area contributed by atoms with Crippen molar-refractivity contribution >= 4 is 5.91 Å². The number of hydrogen-bond acceptors (Lipinski definition) is 2. The summed E-state index contributed by atoms with van der Waals surface area (Å²) in [5.41, 5.74) is 0. The van der Waals surface area contributed by atoms with Crippen LogP contribution < -0.4 is 5.32 Å². The molecule has 6 aliphatic rings. The van der Waals surface area contributed by atoms with Crippen molar-refractivity contribution in [1.82, 2.24) is 10.2 Å². The minimum absolute atomic E-state index is 0.398. The highest BCUT2D eigenvalue weighted by molar-refractivity contribution is 5.80. The highest BCUT2D eigenvalue weighted by Gasteiger charge is 2.51. The zero-order valence-electron chi connectivity index (χ0n) is 13.0. The number of carbonyl (C=O) groups excluding carboxylic acids is 1. The smallest absolute Gasteiger partial charge is 0.226 e. The normalized spacial score (nSPS) is 51.2. The third-order valence-corrected chi connectivity index (χ3v) is 7.35. The number of fused-ring (bicyclic) bond motifs is 2. The van der Waals surface area contributed by atoms with Gasteiger partial charge in [-0.3, -0.25) is 4.79 Å². The van der Waals surface area contributed by atoms with Gasteiger partial charge in [0, 0.05) is 31.1 Å². The summed E-state index contributed by atoms with van der Waals surface area (Å²) in [5.74, 6) is 4.36. The lowest BCUT2D eigenvalue weighted by molar-refractivity contribution is -0.149. The minimum atomic E-state index is 0.398. The van der Waals surface area contributed by atoms with Gasteiger partial charge in [0.05, 0.1) is 0 Å². The maximum atomic E-state index is 13.2. The highest BCUT2D eigenvalue weighted by atomic mass is 16.2. The molecule has 2 aliphatic heterocycles. The van der Waals surface area contributed by atoms with Crippen LogP contribution in [0.5, 0.6) is 0 Å². The van der Waals surface area contributed by atoms with Crippen LogP contribution in [-0.4, -0.2) is 36.0 Å². The van der Waals surface area contributed by atoms with E-state index in [1.165, 1.54) is 51.4 Å². The van der Waals surface area contributed by atoms with Crippen LogP contribution in [0, 0.1) is 29.6 Å². The molecule has 0 radical (unpaired) electrons. The molecule has 4 saturated carbocycles. The van der Waals surface area contributed by atoms with E-state index >= 15 is 0 Å². The average Bonchev–Trinajstić information content (AvgIpc) is 2.76. The van der Waals surface area contributed by atoms with Crippen molar-refractivity contribution in [3.05, 3.63) is 0 Å². The molecule has 0 spiro atoms. The van der Waals surface area contributed by atoms with Gasteiger partial charge in [-0.1, -0.05) is 0 Å². The summed E-state index contributed by atoms with van der Waals surface area (Å²) in [4.78, 5) is 15.5. The van der Waals surface area contributed by atoms with Crippen LogP contribution in [-0.2, 0) is 4.79 Å². The van der Waals surface area contributed by atoms with Gasteiger partial charge < -0.3 is 10.2 Å². The molecule has 0 aromatic carbocycles. The molecule has 2 atom stereocenters. The second kappa shape index (κ2) is 4.71. The van der Waals surface area contributed by atoms with Crippen LogP contribution in [0.4, 0.5) is 0 Å². The summed E-state index contributed by atoms with van der Waals surface area (Å²) >= 11 is 0. The molecular formula is C18H28N2O. The van der Waals surface area contributed by atoms with Crippen LogP contribution in [0.3, 0.4) is 0 Å². The summed E-state index contributed by atoms with van der Waals surface area (Å²) < 4.78 is 0. The summed E-state index contributed by atoms with van der Waals surface area (Å²) in [6.45, 7) is 1.99. The predicted molar refractivity (Wildman–Crippen MR) is 81.7 cm³/mol. The van der Waals surface area contributed by atoms with Crippen molar-refractivity contribution < 1.29 is 4.79 Å². The van der Waals surface area contributed by atoms with Crippen molar-refractivity contribution in [3.8, 4) is 0 Å². The number of likely N-dealkylation sites (tertiary alicyclic amines) is 1. The molecule has 116 valence electrons. The van der Waals surface area contributed by atoms with Gasteiger partial charge in [-0.2, -0.15) is 0 Å². The maximum absolute atomic E-state index is 13.2. The van der Waals surface area contributed by atoms with Gasteiger partial charge in [0.25, 0.3) is 0 Å². The van der Waals surface area contributed by atoms with Crippen LogP contribution in [0.25, 0.3) is 0 Å². The van der Waals surface area contributed by atoms with Crippen LogP contribution in [0.2, 0.25) is 0 Å². The topological polar surface area (TPSA) is 32.3 Å². The van der Waals surface area contributed by atoms with Gasteiger partial charge in [0.15, 0.2) is 0 Å². The van der Waals surface area contributed by atoms with E-state index in [4.69, 9.17) is 0 Å². The zero-order valence-corrected chi connectivity index (χ0v) is 13.0. The van der Waals surface area contributed by atoms with E-state index < -0.39 is 0 Å². The Morgan fingerprint density at radius 1 is 0.857 bits per heavy atom. The predicted octanol–water partition coefficient (Wildman–Crippen LogP) is 2.41. The Labute approximate surface area is 127 Å². The third kappa shape index (κ3) is 2.07. The molecule has 4 aliphatic carbocycles. The molecule has 2 heterocycles. The molecule has 1 N–H and O–H groups in total. The van der Waals surface area contributed by atoms with Crippen molar-refractivity contribution in [2.24, 2.45) is 29.6 Å². The molecule has 6 fully saturated rings. The molecule has 3 nitrogen and oxygen atoms in total. The Morgan fingerprint density at radius 2 is 1.52 bits per heavy atom. The maximum Gasteiger partial charge on any atom is 0.226 e. The second-order valence-electron chi connectivity index (χ2n) is 8.67. The zero-order chi connectivity index (χ0) is 14.0. The number of amides is 1. The fourth-order valence-corrected chi connectivity index (χ4v) is 6.68. The molecule has 2 saturated heterocycles. The SMILES string of the molecule is O=C(C1C2CC3CC(C2)CC1C3)N1CCC2CCC(C1)N2. The first kappa shape index (κ1) is 12.9. The summed E-state index contributed by atoms with van der Waals surface area (Å²) in [5, 5.41) is 3.71. The largest absolute Gasteiger partial charge is 0.341 e. The summed E-state index contributed by atoms with van der Waals surface area (Å²) in [6, 6.07) is 1.27. The number of nitrogens with one attached hydrogen (secondary N) is 1. The monoisotopic (exact) mass is 288 g/mol. The lowest BCUT2D eigenvalue weighted by Gasteiger charge is -2.54. The van der Waals surface area contributed by atoms with Gasteiger partial charge >= 0.3 is 0 Å². The van der Waals surface area contributed by atoms with Crippen LogP contribution in [0.15, 0.2) is 0 Å². The van der Waals surface area contributed by atoms with E-state index in [-0.39, 0.29) is 0 Å². The fourth-order valence-electron chi connectivity index (χ4n) is 6.68. The van der Waals surface area contributed by atoms with E-state index in [1.807, 2.05) is 0 Å². The van der Waals surface area contributed by atoms with Crippen LogP contribution >= 0.6 is 0 Å². The molecular weight excluding hydrogens is 260 g/mol. The van der Waals surface area contributed by atoms with Crippen molar-refractivity contribution in [1.29, 1.82) is 0 Å². The Morgan fingerprint density at radius 3 is 2.24 bits per heavy atom. The van der Waals surface area contributed by atoms with E-state index in [0.29, 0.717) is 23.9 Å². The molecule has 0 aromatic heterocycles. The number of rotatable bonds is 1. The van der Waals surface area contributed by atoms with Gasteiger partial charge in [-0.25, -0.2) is 0 Å². The molecule has 1 amide bonds. The van der Waals surface area contributed by atoms with E-state index in [9.17, 15) is 4.79 Å². The third-order valence-electron chi connectivity index (χ3n) is 7.35. The minimum Gasteiger partial charge on any atom is -0.341 e. The Kier molecular flexibility index (Phi) is 2.90. The molecule has 21 heavy (non-hydrogen) atoms. The number of hydrogen-bond donors (Lipinski definition) is 1.